The number of hydrogen-bond donors (Lipinski definition) is 2. The topological polar surface area (TPSA) is 73.9 Å². The number of piperazine rings is 1. The van der Waals surface area contributed by atoms with Crippen LogP contribution < -0.4 is 10.6 Å². The van der Waals surface area contributed by atoms with Crippen molar-refractivity contribution in [1.82, 2.24) is 15.1 Å². The van der Waals surface area contributed by atoms with Gasteiger partial charge in [-0.05, 0) is 37.5 Å². The second-order valence-electron chi connectivity index (χ2n) is 6.99. The van der Waals surface area contributed by atoms with Crippen molar-refractivity contribution in [3.8, 4) is 0 Å². The largest absolute Gasteiger partial charge is 0.377 e. The Kier molecular flexibility index (Phi) is 6.46. The Bertz CT molecular complexity index is 623. The highest BCUT2D eigenvalue weighted by molar-refractivity contribution is 5.92. The summed E-state index contributed by atoms with van der Waals surface area (Å²) in [5, 5.41) is 5.39. The van der Waals surface area contributed by atoms with Gasteiger partial charge in [0.2, 0.25) is 5.91 Å². The van der Waals surface area contributed by atoms with Crippen molar-refractivity contribution in [2.24, 2.45) is 0 Å². The lowest BCUT2D eigenvalue weighted by molar-refractivity contribution is -0.131. The van der Waals surface area contributed by atoms with Crippen LogP contribution in [0.4, 0.5) is 10.5 Å². The Hall–Kier alpha value is -2.12. The van der Waals surface area contributed by atoms with Crippen LogP contribution in [0.2, 0.25) is 0 Å². The van der Waals surface area contributed by atoms with Crippen molar-refractivity contribution >= 4 is 17.6 Å². The lowest BCUT2D eigenvalue weighted by Gasteiger charge is -2.35. The second kappa shape index (κ2) is 9.00. The van der Waals surface area contributed by atoms with Gasteiger partial charge in [0.05, 0.1) is 12.6 Å². The minimum atomic E-state index is -0.360. The maximum absolute atomic E-state index is 12.3. The quantitative estimate of drug-likeness (QED) is 0.833. The zero-order valence-electron chi connectivity index (χ0n) is 15.4. The van der Waals surface area contributed by atoms with Crippen LogP contribution in [0.1, 0.15) is 18.4 Å². The monoisotopic (exact) mass is 360 g/mol. The molecule has 3 amide bonds. The summed E-state index contributed by atoms with van der Waals surface area (Å²) in [5.41, 5.74) is 1.79. The van der Waals surface area contributed by atoms with Crippen LogP contribution in [0.3, 0.4) is 0 Å². The molecule has 7 heteroatoms. The van der Waals surface area contributed by atoms with Gasteiger partial charge in [-0.15, -0.1) is 0 Å². The highest BCUT2D eigenvalue weighted by Gasteiger charge is 2.24. The number of amides is 3. The van der Waals surface area contributed by atoms with Crippen LogP contribution in [-0.4, -0.2) is 73.7 Å². The van der Waals surface area contributed by atoms with E-state index in [0.29, 0.717) is 19.2 Å². The molecule has 0 aliphatic carbocycles. The number of ether oxygens (including phenoxy) is 1. The van der Waals surface area contributed by atoms with Gasteiger partial charge in [0.15, 0.2) is 0 Å². The van der Waals surface area contributed by atoms with Crippen LogP contribution in [-0.2, 0) is 9.53 Å². The number of nitrogens with zero attached hydrogens (tertiary/aromatic N) is 2. The third-order valence-corrected chi connectivity index (χ3v) is 4.89. The highest BCUT2D eigenvalue weighted by Crippen LogP contribution is 2.14. The lowest BCUT2D eigenvalue weighted by atomic mass is 10.2. The average molecular weight is 360 g/mol. The van der Waals surface area contributed by atoms with Crippen LogP contribution in [0.25, 0.3) is 0 Å². The van der Waals surface area contributed by atoms with Crippen molar-refractivity contribution in [2.75, 3.05) is 51.2 Å². The number of urea groups is 1. The van der Waals surface area contributed by atoms with E-state index in [2.05, 4.69) is 15.5 Å². The molecule has 0 aromatic heterocycles. The van der Waals surface area contributed by atoms with Crippen LogP contribution in [0.15, 0.2) is 24.3 Å². The van der Waals surface area contributed by atoms with E-state index in [1.807, 2.05) is 36.1 Å². The van der Waals surface area contributed by atoms with E-state index < -0.39 is 0 Å². The summed E-state index contributed by atoms with van der Waals surface area (Å²) < 4.78 is 5.67. The molecule has 2 saturated heterocycles. The summed E-state index contributed by atoms with van der Waals surface area (Å²) in [6, 6.07) is 7.19. The molecule has 0 saturated carbocycles. The average Bonchev–Trinajstić information content (AvgIpc) is 3.13. The first-order valence-electron chi connectivity index (χ1n) is 9.33. The Labute approximate surface area is 154 Å². The van der Waals surface area contributed by atoms with Gasteiger partial charge in [0.25, 0.3) is 0 Å². The van der Waals surface area contributed by atoms with Crippen LogP contribution >= 0.6 is 0 Å². The van der Waals surface area contributed by atoms with E-state index in [0.717, 1.165) is 50.3 Å². The van der Waals surface area contributed by atoms with E-state index in [-0.39, 0.29) is 18.5 Å². The molecule has 142 valence electrons. The first-order chi connectivity index (χ1) is 12.6. The molecule has 2 aliphatic rings. The molecular weight excluding hydrogens is 332 g/mol. The minimum Gasteiger partial charge on any atom is -0.377 e. The van der Waals surface area contributed by atoms with E-state index in [1.54, 1.807) is 0 Å². The minimum absolute atomic E-state index is 0.0172. The van der Waals surface area contributed by atoms with Gasteiger partial charge in [-0.25, -0.2) is 4.79 Å². The molecular formula is C19H28N4O3. The van der Waals surface area contributed by atoms with Gasteiger partial charge in [-0.2, -0.15) is 0 Å². The maximum atomic E-state index is 12.3. The third-order valence-electron chi connectivity index (χ3n) is 4.89. The zero-order valence-corrected chi connectivity index (χ0v) is 15.4. The molecule has 1 aromatic carbocycles. The molecule has 0 spiro atoms. The van der Waals surface area contributed by atoms with E-state index >= 15 is 0 Å². The normalized spacial score (nSPS) is 20.8. The standard InChI is InChI=1S/C19H28N4O3/c1-15-4-2-5-16(12-15)21-19(25)20-13-18(24)23-9-7-22(8-10-23)14-17-6-3-11-26-17/h2,4-5,12,17H,3,6-11,13-14H2,1H3,(H2,20,21,25). The number of carbonyl (C=O) groups is 2. The molecule has 2 aliphatic heterocycles. The van der Waals surface area contributed by atoms with Crippen molar-refractivity contribution in [3.63, 3.8) is 0 Å². The molecule has 7 nitrogen and oxygen atoms in total. The number of anilines is 1. The number of rotatable bonds is 5. The molecule has 2 N–H and O–H groups in total. The predicted octanol–water partition coefficient (Wildman–Crippen LogP) is 1.44. The van der Waals surface area contributed by atoms with E-state index in [4.69, 9.17) is 4.74 Å². The fraction of sp³-hybridized carbons (Fsp3) is 0.579. The number of hydrogen-bond acceptors (Lipinski definition) is 4. The molecule has 1 unspecified atom stereocenters. The summed E-state index contributed by atoms with van der Waals surface area (Å²) in [6.07, 6.45) is 2.64. The fourth-order valence-corrected chi connectivity index (χ4v) is 3.42. The first kappa shape index (κ1) is 18.7. The molecule has 1 aromatic rings. The number of carbonyl (C=O) groups excluding carboxylic acids is 2. The Balaban J connectivity index is 1.35. The lowest BCUT2D eigenvalue weighted by Crippen LogP contribution is -2.52. The molecule has 26 heavy (non-hydrogen) atoms. The zero-order chi connectivity index (χ0) is 18.4. The van der Waals surface area contributed by atoms with Gasteiger partial charge < -0.3 is 20.3 Å². The second-order valence-corrected chi connectivity index (χ2v) is 6.99. The molecule has 3 rings (SSSR count). The Morgan fingerprint density at radius 2 is 2.04 bits per heavy atom. The summed E-state index contributed by atoms with van der Waals surface area (Å²) in [7, 11) is 0. The van der Waals surface area contributed by atoms with E-state index in [9.17, 15) is 9.59 Å². The summed E-state index contributed by atoms with van der Waals surface area (Å²) in [5.74, 6) is -0.0406. The van der Waals surface area contributed by atoms with Gasteiger partial charge in [0.1, 0.15) is 0 Å². The highest BCUT2D eigenvalue weighted by atomic mass is 16.5. The Morgan fingerprint density at radius 1 is 1.23 bits per heavy atom. The first-order valence-corrected chi connectivity index (χ1v) is 9.33. The SMILES string of the molecule is Cc1cccc(NC(=O)NCC(=O)N2CCN(CC3CCCO3)CC2)c1. The van der Waals surface area contributed by atoms with Gasteiger partial charge in [0, 0.05) is 45.0 Å². The smallest absolute Gasteiger partial charge is 0.319 e. The number of nitrogens with one attached hydrogen (secondary N) is 2. The molecule has 2 heterocycles. The third kappa shape index (κ3) is 5.44. The number of benzene rings is 1. The molecule has 0 radical (unpaired) electrons. The van der Waals surface area contributed by atoms with Gasteiger partial charge in [-0.1, -0.05) is 12.1 Å². The summed E-state index contributed by atoms with van der Waals surface area (Å²) in [4.78, 5) is 28.4. The Morgan fingerprint density at radius 3 is 2.73 bits per heavy atom. The van der Waals surface area contributed by atoms with Gasteiger partial charge in [-0.3, -0.25) is 9.69 Å². The van der Waals surface area contributed by atoms with Crippen molar-refractivity contribution in [2.45, 2.75) is 25.9 Å². The number of aryl methyl sites for hydroxylation is 1. The van der Waals surface area contributed by atoms with Crippen molar-refractivity contribution in [1.29, 1.82) is 0 Å². The summed E-state index contributed by atoms with van der Waals surface area (Å²) >= 11 is 0. The maximum Gasteiger partial charge on any atom is 0.319 e. The van der Waals surface area contributed by atoms with Crippen molar-refractivity contribution in [3.05, 3.63) is 29.8 Å². The molecule has 2 fully saturated rings. The molecule has 0 bridgehead atoms. The predicted molar refractivity (Wildman–Crippen MR) is 100 cm³/mol. The van der Waals surface area contributed by atoms with Crippen molar-refractivity contribution < 1.29 is 14.3 Å². The molecule has 1 atom stereocenters. The van der Waals surface area contributed by atoms with Crippen LogP contribution in [0.5, 0.6) is 0 Å². The fourth-order valence-electron chi connectivity index (χ4n) is 3.42. The van der Waals surface area contributed by atoms with Gasteiger partial charge >= 0.3 is 6.03 Å². The van der Waals surface area contributed by atoms with Crippen LogP contribution in [0, 0.1) is 6.92 Å². The summed E-state index contributed by atoms with van der Waals surface area (Å²) in [6.45, 7) is 6.94. The van der Waals surface area contributed by atoms with E-state index in [1.165, 1.54) is 0 Å².